The van der Waals surface area contributed by atoms with Gasteiger partial charge in [-0.05, 0) is 95.7 Å². The molecule has 37 heavy (non-hydrogen) atoms. The molecule has 186 valence electrons. The number of amides is 1. The van der Waals surface area contributed by atoms with Crippen LogP contribution in [0.3, 0.4) is 0 Å². The normalized spacial score (nSPS) is 14.1. The number of hydrogen-bond donors (Lipinski definition) is 1. The van der Waals surface area contributed by atoms with Gasteiger partial charge in [0.05, 0.1) is 0 Å². The van der Waals surface area contributed by atoms with Crippen LogP contribution < -0.4 is 5.32 Å². The van der Waals surface area contributed by atoms with Gasteiger partial charge in [-0.25, -0.2) is 0 Å². The Morgan fingerprint density at radius 2 is 1.19 bits per heavy atom. The Balaban J connectivity index is 1.35. The van der Waals surface area contributed by atoms with E-state index in [1.165, 1.54) is 31.5 Å². The Bertz CT molecular complexity index is 1370. The van der Waals surface area contributed by atoms with E-state index in [1.54, 1.807) is 6.08 Å². The van der Waals surface area contributed by atoms with E-state index in [-0.39, 0.29) is 5.91 Å². The number of hydrogen-bond acceptors (Lipinski definition) is 2. The maximum Gasteiger partial charge on any atom is 0.249 e. The molecule has 0 spiro atoms. The lowest BCUT2D eigenvalue weighted by Crippen LogP contribution is -2.18. The quantitative estimate of drug-likeness (QED) is 0.245. The molecule has 3 nitrogen and oxygen atoms in total. The highest BCUT2D eigenvalue weighted by Crippen LogP contribution is 2.27. The van der Waals surface area contributed by atoms with Gasteiger partial charge in [-0.3, -0.25) is 9.69 Å². The van der Waals surface area contributed by atoms with Crippen LogP contribution in [0.25, 0.3) is 16.7 Å². The van der Waals surface area contributed by atoms with Gasteiger partial charge in [-0.15, -0.1) is 0 Å². The van der Waals surface area contributed by atoms with Crippen LogP contribution in [0.4, 0.5) is 5.69 Å². The molecule has 5 rings (SSSR count). The summed E-state index contributed by atoms with van der Waals surface area (Å²) in [5, 5.41) is 4.37. The lowest BCUT2D eigenvalue weighted by Gasteiger charge is -2.15. The monoisotopic (exact) mass is 526 g/mol. The molecule has 0 aromatic heterocycles. The van der Waals surface area contributed by atoms with Crippen LogP contribution in [0.15, 0.2) is 103 Å². The summed E-state index contributed by atoms with van der Waals surface area (Å²) in [6, 6.07) is 31.6. The minimum absolute atomic E-state index is 0.190. The van der Waals surface area contributed by atoms with Crippen molar-refractivity contribution in [3.63, 3.8) is 0 Å². The van der Waals surface area contributed by atoms with Crippen molar-refractivity contribution in [2.75, 3.05) is 18.4 Å². The van der Waals surface area contributed by atoms with Crippen molar-refractivity contribution < 1.29 is 4.79 Å². The molecule has 1 fully saturated rings. The third-order valence-electron chi connectivity index (χ3n) is 6.63. The fraction of sp³-hybridized carbons (Fsp3) is 0.156. The molecule has 1 N–H and O–H groups in total. The van der Waals surface area contributed by atoms with E-state index in [0.717, 1.165) is 40.1 Å². The average Bonchev–Trinajstić information content (AvgIpc) is 3.43. The number of rotatable bonds is 7. The highest BCUT2D eigenvalue weighted by atomic mass is 35.5. The smallest absolute Gasteiger partial charge is 0.249 e. The minimum Gasteiger partial charge on any atom is -0.322 e. The summed E-state index contributed by atoms with van der Waals surface area (Å²) >= 11 is 12.1. The first-order valence-corrected chi connectivity index (χ1v) is 13.3. The molecule has 1 aliphatic heterocycles. The molecular formula is C32H28Cl2N2O. The van der Waals surface area contributed by atoms with Crippen LogP contribution in [0.5, 0.6) is 0 Å². The summed E-state index contributed by atoms with van der Waals surface area (Å²) in [6.07, 6.45) is 4.22. The SMILES string of the molecule is O=C(/C=C(/c1ccc(Cl)cc1)c1ccc(CN2CCCC2)cc1)Nc1ccc(-c2ccc(Cl)cc2)cc1. The van der Waals surface area contributed by atoms with Gasteiger partial charge in [0.2, 0.25) is 5.91 Å². The molecule has 0 saturated carbocycles. The number of nitrogens with zero attached hydrogens (tertiary/aromatic N) is 1. The van der Waals surface area contributed by atoms with Gasteiger partial charge < -0.3 is 5.32 Å². The summed E-state index contributed by atoms with van der Waals surface area (Å²) in [4.78, 5) is 15.6. The third kappa shape index (κ3) is 6.69. The molecule has 1 amide bonds. The maximum absolute atomic E-state index is 13.1. The number of halogens is 2. The Hall–Kier alpha value is -3.37. The average molecular weight is 527 g/mol. The Labute approximate surface area is 228 Å². The fourth-order valence-electron chi connectivity index (χ4n) is 4.65. The number of carbonyl (C=O) groups excluding carboxylic acids is 1. The number of anilines is 1. The van der Waals surface area contributed by atoms with Crippen molar-refractivity contribution in [3.05, 3.63) is 130 Å². The van der Waals surface area contributed by atoms with Gasteiger partial charge in [0.15, 0.2) is 0 Å². The molecule has 0 aliphatic carbocycles. The Morgan fingerprint density at radius 3 is 1.76 bits per heavy atom. The topological polar surface area (TPSA) is 32.3 Å². The van der Waals surface area contributed by atoms with E-state index in [2.05, 4.69) is 34.5 Å². The minimum atomic E-state index is -0.190. The van der Waals surface area contributed by atoms with Gasteiger partial charge in [0.1, 0.15) is 0 Å². The van der Waals surface area contributed by atoms with Gasteiger partial charge in [0, 0.05) is 28.4 Å². The van der Waals surface area contributed by atoms with Crippen LogP contribution in [-0.4, -0.2) is 23.9 Å². The molecular weight excluding hydrogens is 499 g/mol. The predicted octanol–water partition coefficient (Wildman–Crippen LogP) is 8.33. The Morgan fingerprint density at radius 1 is 0.703 bits per heavy atom. The summed E-state index contributed by atoms with van der Waals surface area (Å²) in [5.41, 5.74) is 6.91. The molecule has 0 bridgehead atoms. The molecule has 4 aromatic carbocycles. The first-order valence-electron chi connectivity index (χ1n) is 12.5. The zero-order chi connectivity index (χ0) is 25.6. The van der Waals surface area contributed by atoms with Gasteiger partial charge in [-0.1, -0.05) is 83.9 Å². The number of likely N-dealkylation sites (tertiary alicyclic amines) is 1. The molecule has 5 heteroatoms. The van der Waals surface area contributed by atoms with Gasteiger partial charge in [-0.2, -0.15) is 0 Å². The van der Waals surface area contributed by atoms with Crippen molar-refractivity contribution >= 4 is 40.4 Å². The lowest BCUT2D eigenvalue weighted by molar-refractivity contribution is -0.111. The van der Waals surface area contributed by atoms with Crippen LogP contribution in [-0.2, 0) is 11.3 Å². The summed E-state index contributed by atoms with van der Waals surface area (Å²) < 4.78 is 0. The van der Waals surface area contributed by atoms with Gasteiger partial charge >= 0.3 is 0 Å². The number of benzene rings is 4. The van der Waals surface area contributed by atoms with Crippen LogP contribution in [0.1, 0.15) is 29.5 Å². The zero-order valence-corrected chi connectivity index (χ0v) is 22.0. The van der Waals surface area contributed by atoms with Crippen molar-refractivity contribution in [3.8, 4) is 11.1 Å². The highest BCUT2D eigenvalue weighted by Gasteiger charge is 2.13. The molecule has 4 aromatic rings. The molecule has 0 unspecified atom stereocenters. The maximum atomic E-state index is 13.1. The van der Waals surface area contributed by atoms with E-state index in [0.29, 0.717) is 10.0 Å². The van der Waals surface area contributed by atoms with Crippen LogP contribution in [0, 0.1) is 0 Å². The fourth-order valence-corrected chi connectivity index (χ4v) is 4.90. The molecule has 1 heterocycles. The van der Waals surface area contributed by atoms with Crippen molar-refractivity contribution in [1.29, 1.82) is 0 Å². The molecule has 0 radical (unpaired) electrons. The first-order chi connectivity index (χ1) is 18.0. The van der Waals surface area contributed by atoms with Crippen LogP contribution in [0.2, 0.25) is 10.0 Å². The molecule has 1 aliphatic rings. The highest BCUT2D eigenvalue weighted by molar-refractivity contribution is 6.30. The molecule has 1 saturated heterocycles. The lowest BCUT2D eigenvalue weighted by atomic mass is 9.96. The number of nitrogens with one attached hydrogen (secondary N) is 1. The summed E-state index contributed by atoms with van der Waals surface area (Å²) in [6.45, 7) is 3.30. The zero-order valence-electron chi connectivity index (χ0n) is 20.5. The van der Waals surface area contributed by atoms with E-state index < -0.39 is 0 Å². The first kappa shape index (κ1) is 25.3. The van der Waals surface area contributed by atoms with Crippen molar-refractivity contribution in [2.24, 2.45) is 0 Å². The molecule has 0 atom stereocenters. The van der Waals surface area contributed by atoms with Gasteiger partial charge in [0.25, 0.3) is 0 Å². The van der Waals surface area contributed by atoms with E-state index >= 15 is 0 Å². The van der Waals surface area contributed by atoms with Crippen molar-refractivity contribution in [2.45, 2.75) is 19.4 Å². The number of carbonyl (C=O) groups is 1. The van der Waals surface area contributed by atoms with E-state index in [9.17, 15) is 4.79 Å². The standard InChI is InChI=1S/C32H28Cl2N2O/c33-28-13-7-24(8-14-28)25-11-17-30(18-12-25)35-32(37)21-31(27-9-15-29(34)16-10-27)26-5-3-23(4-6-26)22-36-19-1-2-20-36/h3-18,21H,1-2,19-20,22H2,(H,35,37)/b31-21+. The largest absolute Gasteiger partial charge is 0.322 e. The second-order valence-corrected chi connectivity index (χ2v) is 10.2. The Kier molecular flexibility index (Phi) is 8.05. The summed E-state index contributed by atoms with van der Waals surface area (Å²) in [5.74, 6) is -0.190. The second-order valence-electron chi connectivity index (χ2n) is 9.32. The predicted molar refractivity (Wildman–Crippen MR) is 155 cm³/mol. The second kappa shape index (κ2) is 11.8. The van der Waals surface area contributed by atoms with Crippen molar-refractivity contribution in [1.82, 2.24) is 4.90 Å². The van der Waals surface area contributed by atoms with Crippen LogP contribution >= 0.6 is 23.2 Å². The van der Waals surface area contributed by atoms with E-state index in [1.807, 2.05) is 72.8 Å². The van der Waals surface area contributed by atoms with E-state index in [4.69, 9.17) is 23.2 Å². The third-order valence-corrected chi connectivity index (χ3v) is 7.13. The summed E-state index contributed by atoms with van der Waals surface area (Å²) in [7, 11) is 0.